The van der Waals surface area contributed by atoms with Crippen LogP contribution in [0.1, 0.15) is 18.4 Å². The molecule has 1 aromatic heterocycles. The number of H-pyrrole nitrogens is 1. The van der Waals surface area contributed by atoms with Crippen molar-refractivity contribution in [2.45, 2.75) is 19.8 Å². The second-order valence-electron chi connectivity index (χ2n) is 7.19. The normalized spacial score (nSPS) is 15.4. The largest absolute Gasteiger partial charge is 0.396 e. The maximum atomic E-state index is 13.6. The van der Waals surface area contributed by atoms with Crippen molar-refractivity contribution in [1.29, 1.82) is 0 Å². The lowest BCUT2D eigenvalue weighted by molar-refractivity contribution is 0.203. The highest BCUT2D eigenvalue weighted by atomic mass is 19.1. The molecular weight excluding hydrogens is 345 g/mol. The number of benzene rings is 2. The van der Waals surface area contributed by atoms with Crippen molar-refractivity contribution < 1.29 is 9.50 Å². The number of anilines is 1. The summed E-state index contributed by atoms with van der Waals surface area (Å²) < 4.78 is 13.6. The Morgan fingerprint density at radius 2 is 1.93 bits per heavy atom. The van der Waals surface area contributed by atoms with E-state index in [0.717, 1.165) is 37.2 Å². The number of aliphatic hydroxyl groups is 1. The Labute approximate surface area is 156 Å². The van der Waals surface area contributed by atoms with Gasteiger partial charge in [-0.2, -0.15) is 0 Å². The third-order valence-electron chi connectivity index (χ3n) is 5.34. The zero-order valence-electron chi connectivity index (χ0n) is 15.2. The van der Waals surface area contributed by atoms with Crippen LogP contribution in [-0.4, -0.2) is 34.8 Å². The highest BCUT2D eigenvalue weighted by molar-refractivity contribution is 5.82. The maximum absolute atomic E-state index is 13.6. The molecule has 2 N–H and O–H groups in total. The topological polar surface area (TPSA) is 69.2 Å². The molecule has 0 unspecified atom stereocenters. The van der Waals surface area contributed by atoms with Gasteiger partial charge in [0.2, 0.25) is 0 Å². The number of aliphatic hydroxyl groups excluding tert-OH is 1. The number of aromatic nitrogens is 2. The molecule has 140 valence electrons. The van der Waals surface area contributed by atoms with Crippen LogP contribution in [0.4, 0.5) is 10.1 Å². The molecule has 5 nitrogen and oxygen atoms in total. The first-order chi connectivity index (χ1) is 13.0. The molecule has 0 spiro atoms. The van der Waals surface area contributed by atoms with Gasteiger partial charge < -0.3 is 15.0 Å². The first kappa shape index (κ1) is 17.7. The van der Waals surface area contributed by atoms with Crippen molar-refractivity contribution in [2.24, 2.45) is 5.92 Å². The number of nitrogens with zero attached hydrogens (tertiary/aromatic N) is 2. The molecule has 4 rings (SSSR count). The molecular formula is C21H22FN3O2. The van der Waals surface area contributed by atoms with Crippen LogP contribution in [0.25, 0.3) is 22.3 Å². The van der Waals surface area contributed by atoms with Crippen LogP contribution in [0.3, 0.4) is 0 Å². The SMILES string of the molecule is Cc1cc(F)cc2c(=O)[nH]c(-c3ccc(N4CCC(CO)CC4)cc3)nc12. The van der Waals surface area contributed by atoms with E-state index in [-0.39, 0.29) is 17.6 Å². The average molecular weight is 367 g/mol. The van der Waals surface area contributed by atoms with E-state index >= 15 is 0 Å². The fraction of sp³-hybridized carbons (Fsp3) is 0.333. The van der Waals surface area contributed by atoms with E-state index in [1.54, 1.807) is 6.92 Å². The van der Waals surface area contributed by atoms with Gasteiger partial charge in [0.15, 0.2) is 0 Å². The average Bonchev–Trinajstić information content (AvgIpc) is 2.69. The summed E-state index contributed by atoms with van der Waals surface area (Å²) in [5.41, 5.74) is 2.75. The highest BCUT2D eigenvalue weighted by Crippen LogP contribution is 2.26. The van der Waals surface area contributed by atoms with E-state index in [1.807, 2.05) is 24.3 Å². The Morgan fingerprint density at radius 1 is 1.22 bits per heavy atom. The quantitative estimate of drug-likeness (QED) is 0.746. The number of fused-ring (bicyclic) bond motifs is 1. The number of aryl methyl sites for hydroxylation is 1. The summed E-state index contributed by atoms with van der Waals surface area (Å²) in [6.07, 6.45) is 1.99. The fourth-order valence-electron chi connectivity index (χ4n) is 3.71. The number of piperidine rings is 1. The first-order valence-electron chi connectivity index (χ1n) is 9.21. The Morgan fingerprint density at radius 3 is 2.59 bits per heavy atom. The summed E-state index contributed by atoms with van der Waals surface area (Å²) >= 11 is 0. The summed E-state index contributed by atoms with van der Waals surface area (Å²) in [7, 11) is 0. The van der Waals surface area contributed by atoms with Crippen LogP contribution in [0.5, 0.6) is 0 Å². The van der Waals surface area contributed by atoms with Gasteiger partial charge in [-0.3, -0.25) is 4.79 Å². The van der Waals surface area contributed by atoms with Gasteiger partial charge in [-0.05, 0) is 67.6 Å². The van der Waals surface area contributed by atoms with Crippen molar-refractivity contribution >= 4 is 16.6 Å². The molecule has 2 aromatic carbocycles. The molecule has 0 bridgehead atoms. The summed E-state index contributed by atoms with van der Waals surface area (Å²) in [6.45, 7) is 3.87. The molecule has 1 aliphatic heterocycles. The van der Waals surface area contributed by atoms with Gasteiger partial charge in [0.25, 0.3) is 5.56 Å². The van der Waals surface area contributed by atoms with Gasteiger partial charge >= 0.3 is 0 Å². The van der Waals surface area contributed by atoms with E-state index in [4.69, 9.17) is 0 Å². The summed E-state index contributed by atoms with van der Waals surface area (Å²) in [5.74, 6) is 0.447. The lowest BCUT2D eigenvalue weighted by Gasteiger charge is -2.32. The van der Waals surface area contributed by atoms with Crippen molar-refractivity contribution in [3.63, 3.8) is 0 Å². The van der Waals surface area contributed by atoms with Gasteiger partial charge in [-0.25, -0.2) is 9.37 Å². The molecule has 27 heavy (non-hydrogen) atoms. The Bertz CT molecular complexity index is 1020. The van der Waals surface area contributed by atoms with E-state index in [1.165, 1.54) is 12.1 Å². The van der Waals surface area contributed by atoms with Crippen molar-refractivity contribution in [1.82, 2.24) is 9.97 Å². The smallest absolute Gasteiger partial charge is 0.259 e. The summed E-state index contributed by atoms with van der Waals surface area (Å²) in [6, 6.07) is 10.5. The van der Waals surface area contributed by atoms with E-state index in [0.29, 0.717) is 22.8 Å². The zero-order chi connectivity index (χ0) is 19.0. The number of rotatable bonds is 3. The van der Waals surface area contributed by atoms with Crippen LogP contribution in [0.15, 0.2) is 41.2 Å². The predicted molar refractivity (Wildman–Crippen MR) is 105 cm³/mol. The van der Waals surface area contributed by atoms with Crippen LogP contribution in [0, 0.1) is 18.7 Å². The van der Waals surface area contributed by atoms with E-state index in [2.05, 4.69) is 14.9 Å². The second-order valence-corrected chi connectivity index (χ2v) is 7.19. The third-order valence-corrected chi connectivity index (χ3v) is 5.34. The Balaban J connectivity index is 1.63. The molecule has 0 atom stereocenters. The monoisotopic (exact) mass is 367 g/mol. The van der Waals surface area contributed by atoms with Gasteiger partial charge in [0.05, 0.1) is 10.9 Å². The number of hydrogen-bond acceptors (Lipinski definition) is 4. The molecule has 6 heteroatoms. The number of nitrogens with one attached hydrogen (secondary N) is 1. The lowest BCUT2D eigenvalue weighted by atomic mass is 9.97. The van der Waals surface area contributed by atoms with Crippen molar-refractivity contribution in [2.75, 3.05) is 24.6 Å². The highest BCUT2D eigenvalue weighted by Gasteiger charge is 2.18. The standard InChI is InChI=1S/C21H22FN3O2/c1-13-10-16(22)11-18-19(13)23-20(24-21(18)27)15-2-4-17(5-3-15)25-8-6-14(12-26)7-9-25/h2-5,10-11,14,26H,6-9,12H2,1H3,(H,23,24,27). The number of halogens is 1. The second kappa shape index (κ2) is 7.12. The minimum absolute atomic E-state index is 0.261. The minimum Gasteiger partial charge on any atom is -0.396 e. The van der Waals surface area contributed by atoms with E-state index < -0.39 is 5.82 Å². The minimum atomic E-state index is -0.436. The molecule has 1 fully saturated rings. The molecule has 2 heterocycles. The van der Waals surface area contributed by atoms with Crippen molar-refractivity contribution in [3.8, 4) is 11.4 Å². The Kier molecular flexibility index (Phi) is 4.66. The number of hydrogen-bond donors (Lipinski definition) is 2. The Hall–Kier alpha value is -2.73. The molecule has 0 aliphatic carbocycles. The van der Waals surface area contributed by atoms with Gasteiger partial charge in [0, 0.05) is 30.9 Å². The van der Waals surface area contributed by atoms with E-state index in [9.17, 15) is 14.3 Å². The molecule has 0 saturated carbocycles. The van der Waals surface area contributed by atoms with Gasteiger partial charge in [-0.15, -0.1) is 0 Å². The summed E-state index contributed by atoms with van der Waals surface area (Å²) in [4.78, 5) is 22.0. The number of aromatic amines is 1. The summed E-state index contributed by atoms with van der Waals surface area (Å²) in [5, 5.41) is 9.53. The molecule has 1 saturated heterocycles. The zero-order valence-corrected chi connectivity index (χ0v) is 15.2. The fourth-order valence-corrected chi connectivity index (χ4v) is 3.71. The third kappa shape index (κ3) is 3.45. The van der Waals surface area contributed by atoms with Crippen LogP contribution < -0.4 is 10.5 Å². The van der Waals surface area contributed by atoms with Crippen LogP contribution >= 0.6 is 0 Å². The lowest BCUT2D eigenvalue weighted by Crippen LogP contribution is -2.34. The van der Waals surface area contributed by atoms with Gasteiger partial charge in [-0.1, -0.05) is 0 Å². The van der Waals surface area contributed by atoms with Crippen LogP contribution in [-0.2, 0) is 0 Å². The molecule has 1 aliphatic rings. The van der Waals surface area contributed by atoms with Crippen molar-refractivity contribution in [3.05, 3.63) is 58.1 Å². The van der Waals surface area contributed by atoms with Crippen LogP contribution in [0.2, 0.25) is 0 Å². The molecule has 3 aromatic rings. The first-order valence-corrected chi connectivity index (χ1v) is 9.21. The van der Waals surface area contributed by atoms with Gasteiger partial charge in [0.1, 0.15) is 11.6 Å². The molecule has 0 amide bonds. The predicted octanol–water partition coefficient (Wildman–Crippen LogP) is 3.25. The maximum Gasteiger partial charge on any atom is 0.259 e. The molecule has 0 radical (unpaired) electrons.